The van der Waals surface area contributed by atoms with Gasteiger partial charge in [0.2, 0.25) is 0 Å². The third-order valence-corrected chi connectivity index (χ3v) is 3.86. The van der Waals surface area contributed by atoms with E-state index in [0.717, 1.165) is 5.52 Å². The van der Waals surface area contributed by atoms with E-state index in [1.807, 2.05) is 19.3 Å². The maximum absolute atomic E-state index is 4.46. The van der Waals surface area contributed by atoms with E-state index in [2.05, 4.69) is 66.6 Å². The van der Waals surface area contributed by atoms with E-state index in [-0.39, 0.29) is 6.04 Å². The predicted octanol–water partition coefficient (Wildman–Crippen LogP) is 4.16. The summed E-state index contributed by atoms with van der Waals surface area (Å²) in [6.07, 6.45) is 1.84. The van der Waals surface area contributed by atoms with Crippen LogP contribution in [-0.4, -0.2) is 12.0 Å². The van der Waals surface area contributed by atoms with Crippen molar-refractivity contribution >= 4 is 10.9 Å². The number of hydrogen-bond acceptors (Lipinski definition) is 2. The first-order chi connectivity index (χ1) is 10.2. The number of fused-ring (bicyclic) bond motifs is 1. The Labute approximate surface area is 125 Å². The summed E-state index contributed by atoms with van der Waals surface area (Å²) in [4.78, 5) is 4.46. The van der Waals surface area contributed by atoms with Crippen LogP contribution in [0.4, 0.5) is 0 Å². The molecule has 2 heteroatoms. The standard InChI is InChI=1S/C19H20N2/c1-13-10-14(2)12-15(11-13)19(20-3)17-6-4-8-18-16(17)7-5-9-21-18/h4-12,19-20H,1-3H3. The van der Waals surface area contributed by atoms with Crippen molar-refractivity contribution in [2.75, 3.05) is 7.05 Å². The number of hydrogen-bond donors (Lipinski definition) is 1. The van der Waals surface area contributed by atoms with Gasteiger partial charge in [0, 0.05) is 11.6 Å². The van der Waals surface area contributed by atoms with Crippen molar-refractivity contribution < 1.29 is 0 Å². The van der Waals surface area contributed by atoms with E-state index in [4.69, 9.17) is 0 Å². The average molecular weight is 276 g/mol. The SMILES string of the molecule is CNC(c1cc(C)cc(C)c1)c1cccc2ncccc12. The molecule has 3 rings (SSSR count). The van der Waals surface area contributed by atoms with Crippen LogP contribution in [-0.2, 0) is 0 Å². The van der Waals surface area contributed by atoms with Gasteiger partial charge < -0.3 is 5.32 Å². The van der Waals surface area contributed by atoms with E-state index in [1.165, 1.54) is 27.6 Å². The zero-order valence-corrected chi connectivity index (χ0v) is 12.7. The van der Waals surface area contributed by atoms with Crippen LogP contribution < -0.4 is 5.32 Å². The molecule has 0 aliphatic carbocycles. The average Bonchev–Trinajstić information content (AvgIpc) is 2.47. The summed E-state index contributed by atoms with van der Waals surface area (Å²) in [5.74, 6) is 0. The fraction of sp³-hybridized carbons (Fsp3) is 0.211. The van der Waals surface area contributed by atoms with Crippen molar-refractivity contribution in [3.8, 4) is 0 Å². The van der Waals surface area contributed by atoms with Gasteiger partial charge in [0.05, 0.1) is 11.6 Å². The Morgan fingerprint density at radius 2 is 1.71 bits per heavy atom. The lowest BCUT2D eigenvalue weighted by atomic mass is 9.93. The third-order valence-electron chi connectivity index (χ3n) is 3.86. The molecule has 0 aliphatic rings. The second-order valence-corrected chi connectivity index (χ2v) is 5.56. The second-order valence-electron chi connectivity index (χ2n) is 5.56. The highest BCUT2D eigenvalue weighted by Gasteiger charge is 2.15. The van der Waals surface area contributed by atoms with Crippen molar-refractivity contribution in [3.63, 3.8) is 0 Å². The zero-order chi connectivity index (χ0) is 14.8. The van der Waals surface area contributed by atoms with E-state index in [9.17, 15) is 0 Å². The molecule has 0 radical (unpaired) electrons. The Morgan fingerprint density at radius 1 is 0.952 bits per heavy atom. The molecule has 1 atom stereocenters. The highest BCUT2D eigenvalue weighted by atomic mass is 14.9. The Balaban J connectivity index is 2.18. The maximum atomic E-state index is 4.46. The van der Waals surface area contributed by atoms with Crippen LogP contribution in [0.1, 0.15) is 28.3 Å². The highest BCUT2D eigenvalue weighted by Crippen LogP contribution is 2.29. The van der Waals surface area contributed by atoms with Gasteiger partial charge in [-0.2, -0.15) is 0 Å². The first-order valence-corrected chi connectivity index (χ1v) is 7.28. The van der Waals surface area contributed by atoms with Crippen LogP contribution >= 0.6 is 0 Å². The van der Waals surface area contributed by atoms with Gasteiger partial charge in [-0.1, -0.05) is 47.5 Å². The van der Waals surface area contributed by atoms with Crippen LogP contribution in [0.15, 0.2) is 54.7 Å². The molecule has 3 aromatic rings. The van der Waals surface area contributed by atoms with Gasteiger partial charge in [0.15, 0.2) is 0 Å². The minimum atomic E-state index is 0.177. The molecule has 21 heavy (non-hydrogen) atoms. The number of nitrogens with one attached hydrogen (secondary N) is 1. The summed E-state index contributed by atoms with van der Waals surface area (Å²) in [6, 6.07) is 17.4. The molecular formula is C19H20N2. The minimum absolute atomic E-state index is 0.177. The lowest BCUT2D eigenvalue weighted by Gasteiger charge is -2.20. The smallest absolute Gasteiger partial charge is 0.0705 e. The predicted molar refractivity (Wildman–Crippen MR) is 88.6 cm³/mol. The van der Waals surface area contributed by atoms with E-state index in [1.54, 1.807) is 0 Å². The molecule has 2 aromatic carbocycles. The summed E-state index contributed by atoms with van der Waals surface area (Å²) < 4.78 is 0. The fourth-order valence-electron chi connectivity index (χ4n) is 3.06. The summed E-state index contributed by atoms with van der Waals surface area (Å²) in [6.45, 7) is 4.29. The Morgan fingerprint density at radius 3 is 2.43 bits per heavy atom. The molecule has 0 spiro atoms. The van der Waals surface area contributed by atoms with Gasteiger partial charge in [0.1, 0.15) is 0 Å². The van der Waals surface area contributed by atoms with Gasteiger partial charge >= 0.3 is 0 Å². The number of nitrogens with zero attached hydrogens (tertiary/aromatic N) is 1. The third kappa shape index (κ3) is 2.67. The Kier molecular flexibility index (Phi) is 3.72. The molecule has 1 N–H and O–H groups in total. The molecule has 0 aliphatic heterocycles. The summed E-state index contributed by atoms with van der Waals surface area (Å²) in [5.41, 5.74) is 6.20. The number of aryl methyl sites for hydroxylation is 2. The molecule has 0 saturated carbocycles. The first kappa shape index (κ1) is 13.8. The molecule has 0 fully saturated rings. The van der Waals surface area contributed by atoms with E-state index < -0.39 is 0 Å². The van der Waals surface area contributed by atoms with Crippen molar-refractivity contribution in [2.45, 2.75) is 19.9 Å². The molecular weight excluding hydrogens is 256 g/mol. The van der Waals surface area contributed by atoms with Crippen molar-refractivity contribution in [1.29, 1.82) is 0 Å². The summed E-state index contributed by atoms with van der Waals surface area (Å²) >= 11 is 0. The quantitative estimate of drug-likeness (QED) is 0.777. The second kappa shape index (κ2) is 5.66. The summed E-state index contributed by atoms with van der Waals surface area (Å²) in [5, 5.41) is 4.66. The molecule has 1 unspecified atom stereocenters. The van der Waals surface area contributed by atoms with E-state index in [0.29, 0.717) is 0 Å². The number of benzene rings is 2. The fourth-order valence-corrected chi connectivity index (χ4v) is 3.06. The topological polar surface area (TPSA) is 24.9 Å². The van der Waals surface area contributed by atoms with Crippen molar-refractivity contribution in [2.24, 2.45) is 0 Å². The van der Waals surface area contributed by atoms with Crippen LogP contribution in [0, 0.1) is 13.8 Å². The molecule has 2 nitrogen and oxygen atoms in total. The van der Waals surface area contributed by atoms with Gasteiger partial charge in [0.25, 0.3) is 0 Å². The molecule has 0 saturated heterocycles. The van der Waals surface area contributed by atoms with Crippen molar-refractivity contribution in [1.82, 2.24) is 10.3 Å². The minimum Gasteiger partial charge on any atom is -0.309 e. The normalized spacial score (nSPS) is 12.5. The molecule has 0 bridgehead atoms. The highest BCUT2D eigenvalue weighted by molar-refractivity contribution is 5.83. The lowest BCUT2D eigenvalue weighted by molar-refractivity contribution is 0.695. The number of pyridine rings is 1. The van der Waals surface area contributed by atoms with Crippen LogP contribution in [0.2, 0.25) is 0 Å². The van der Waals surface area contributed by atoms with Gasteiger partial charge in [-0.25, -0.2) is 0 Å². The number of aromatic nitrogens is 1. The Hall–Kier alpha value is -2.19. The monoisotopic (exact) mass is 276 g/mol. The zero-order valence-electron chi connectivity index (χ0n) is 12.7. The molecule has 1 heterocycles. The van der Waals surface area contributed by atoms with Crippen LogP contribution in [0.25, 0.3) is 10.9 Å². The molecule has 0 amide bonds. The van der Waals surface area contributed by atoms with Gasteiger partial charge in [-0.15, -0.1) is 0 Å². The largest absolute Gasteiger partial charge is 0.309 e. The maximum Gasteiger partial charge on any atom is 0.0705 e. The van der Waals surface area contributed by atoms with Gasteiger partial charge in [-0.05, 0) is 44.2 Å². The lowest BCUT2D eigenvalue weighted by Crippen LogP contribution is -2.18. The first-order valence-electron chi connectivity index (χ1n) is 7.28. The van der Waals surface area contributed by atoms with Crippen molar-refractivity contribution in [3.05, 3.63) is 77.0 Å². The van der Waals surface area contributed by atoms with Gasteiger partial charge in [-0.3, -0.25) is 4.98 Å². The van der Waals surface area contributed by atoms with E-state index >= 15 is 0 Å². The summed E-state index contributed by atoms with van der Waals surface area (Å²) in [7, 11) is 2.01. The van der Waals surface area contributed by atoms with Crippen LogP contribution in [0.5, 0.6) is 0 Å². The number of rotatable bonds is 3. The molecule has 106 valence electrons. The Bertz CT molecular complexity index is 752. The van der Waals surface area contributed by atoms with Crippen LogP contribution in [0.3, 0.4) is 0 Å². The molecule has 1 aromatic heterocycles.